The van der Waals surface area contributed by atoms with Gasteiger partial charge in [0.2, 0.25) is 0 Å². The van der Waals surface area contributed by atoms with E-state index in [9.17, 15) is 4.39 Å². The Morgan fingerprint density at radius 2 is 1.88 bits per heavy atom. The Morgan fingerprint density at radius 3 is 2.47 bits per heavy atom. The van der Waals surface area contributed by atoms with Gasteiger partial charge >= 0.3 is 0 Å². The van der Waals surface area contributed by atoms with Crippen LogP contribution in [0.4, 0.5) is 4.39 Å². The topological polar surface area (TPSA) is 0 Å². The number of benzene rings is 2. The molecule has 2 rings (SSSR count). The Balaban J connectivity index is 0.000000437. The van der Waals surface area contributed by atoms with E-state index >= 15 is 0 Å². The van der Waals surface area contributed by atoms with Crippen LogP contribution < -0.4 is 0 Å². The highest BCUT2D eigenvalue weighted by Gasteiger charge is 2.06. The molecule has 0 saturated carbocycles. The molecule has 0 aromatic heterocycles. The van der Waals surface area contributed by atoms with Crippen LogP contribution in [0, 0.1) is 9.39 Å². The molecule has 2 aromatic rings. The minimum Gasteiger partial charge on any atom is -0.206 e. The van der Waals surface area contributed by atoms with Gasteiger partial charge in [-0.2, -0.15) is 0 Å². The van der Waals surface area contributed by atoms with E-state index < -0.39 is 0 Å². The van der Waals surface area contributed by atoms with Gasteiger partial charge in [-0.25, -0.2) is 4.39 Å². The van der Waals surface area contributed by atoms with Gasteiger partial charge in [-0.3, -0.25) is 0 Å². The summed E-state index contributed by atoms with van der Waals surface area (Å²) in [5.74, 6) is -0.211. The van der Waals surface area contributed by atoms with Crippen molar-refractivity contribution < 1.29 is 4.39 Å². The highest BCUT2D eigenvalue weighted by atomic mass is 127. The van der Waals surface area contributed by atoms with Gasteiger partial charge < -0.3 is 0 Å². The second kappa shape index (κ2) is 7.19. The fourth-order valence-electron chi connectivity index (χ4n) is 1.54. The SMILES string of the molecule is C=Cc1c(F)ccc2cccc(I)c12.ClCCl. The van der Waals surface area contributed by atoms with E-state index in [1.54, 1.807) is 12.1 Å². The van der Waals surface area contributed by atoms with Gasteiger partial charge in [0.25, 0.3) is 0 Å². The maximum absolute atomic E-state index is 13.4. The minimum atomic E-state index is -0.211. The lowest BCUT2D eigenvalue weighted by molar-refractivity contribution is 0.627. The zero-order valence-electron chi connectivity index (χ0n) is 8.89. The zero-order valence-corrected chi connectivity index (χ0v) is 12.6. The second-order valence-electron chi connectivity index (χ2n) is 3.10. The lowest BCUT2D eigenvalue weighted by Gasteiger charge is -2.05. The van der Waals surface area contributed by atoms with Gasteiger partial charge in [-0.1, -0.05) is 30.9 Å². The largest absolute Gasteiger partial charge is 0.206 e. The molecule has 0 heterocycles. The number of halogens is 4. The Bertz CT molecular complexity index is 526. The minimum absolute atomic E-state index is 0.194. The Hall–Kier alpha value is -0.320. The van der Waals surface area contributed by atoms with E-state index in [-0.39, 0.29) is 11.2 Å². The van der Waals surface area contributed by atoms with Gasteiger partial charge in [0, 0.05) is 14.5 Å². The normalized spacial score (nSPS) is 9.65. The molecule has 0 atom stereocenters. The molecule has 2 aromatic carbocycles. The summed E-state index contributed by atoms with van der Waals surface area (Å²) in [4.78, 5) is 0. The summed E-state index contributed by atoms with van der Waals surface area (Å²) < 4.78 is 14.5. The first kappa shape index (κ1) is 14.7. The summed E-state index contributed by atoms with van der Waals surface area (Å²) >= 11 is 11.7. The van der Waals surface area contributed by atoms with Crippen LogP contribution in [-0.2, 0) is 0 Å². The summed E-state index contributed by atoms with van der Waals surface area (Å²) in [5.41, 5.74) is 0.590. The van der Waals surface area contributed by atoms with Crippen molar-refractivity contribution >= 4 is 62.6 Å². The number of alkyl halides is 2. The molecule has 90 valence electrons. The lowest BCUT2D eigenvalue weighted by atomic mass is 10.0. The van der Waals surface area contributed by atoms with E-state index in [0.29, 0.717) is 5.56 Å². The molecule has 4 heteroatoms. The third kappa shape index (κ3) is 3.57. The standard InChI is InChI=1S/C12H8FI.CH2Cl2/c1-2-9-10(13)7-6-8-4-3-5-11(14)12(8)9;2-1-3/h2-7H,1H2;1H2. The molecule has 0 radical (unpaired) electrons. The smallest absolute Gasteiger partial charge is 0.131 e. The monoisotopic (exact) mass is 382 g/mol. The molecule has 0 amide bonds. The molecule has 0 aliphatic heterocycles. The predicted molar refractivity (Wildman–Crippen MR) is 83.3 cm³/mol. The van der Waals surface area contributed by atoms with Crippen molar-refractivity contribution in [3.8, 4) is 0 Å². The highest BCUT2D eigenvalue weighted by molar-refractivity contribution is 14.1. The molecular weight excluding hydrogens is 373 g/mol. The number of hydrogen-bond donors (Lipinski definition) is 0. The number of hydrogen-bond acceptors (Lipinski definition) is 0. The zero-order chi connectivity index (χ0) is 12.8. The Kier molecular flexibility index (Phi) is 6.23. The summed E-state index contributed by atoms with van der Waals surface area (Å²) in [6.45, 7) is 3.64. The van der Waals surface area contributed by atoms with Gasteiger partial charge in [-0.05, 0) is 40.1 Å². The van der Waals surface area contributed by atoms with E-state index in [1.807, 2.05) is 18.2 Å². The molecule has 0 spiro atoms. The first-order valence-electron chi connectivity index (χ1n) is 4.76. The van der Waals surface area contributed by atoms with Gasteiger partial charge in [0.15, 0.2) is 0 Å². The van der Waals surface area contributed by atoms with Gasteiger partial charge in [0.05, 0.1) is 5.34 Å². The molecule has 0 nitrogen and oxygen atoms in total. The molecule has 0 saturated heterocycles. The van der Waals surface area contributed by atoms with Crippen molar-refractivity contribution in [2.75, 3.05) is 5.34 Å². The van der Waals surface area contributed by atoms with Crippen molar-refractivity contribution in [2.45, 2.75) is 0 Å². The van der Waals surface area contributed by atoms with Crippen LogP contribution in [0.2, 0.25) is 0 Å². The average molecular weight is 383 g/mol. The van der Waals surface area contributed by atoms with Crippen LogP contribution in [0.5, 0.6) is 0 Å². The van der Waals surface area contributed by atoms with E-state index in [4.69, 9.17) is 23.2 Å². The quantitative estimate of drug-likeness (QED) is 0.441. The number of rotatable bonds is 1. The van der Waals surface area contributed by atoms with Crippen LogP contribution in [0.25, 0.3) is 16.8 Å². The molecule has 0 aliphatic rings. The van der Waals surface area contributed by atoms with E-state index in [1.165, 1.54) is 6.07 Å². The Morgan fingerprint density at radius 1 is 1.24 bits per heavy atom. The highest BCUT2D eigenvalue weighted by Crippen LogP contribution is 2.27. The third-order valence-electron chi connectivity index (χ3n) is 2.19. The van der Waals surface area contributed by atoms with Crippen LogP contribution >= 0.6 is 45.8 Å². The maximum Gasteiger partial charge on any atom is 0.131 e. The lowest BCUT2D eigenvalue weighted by Crippen LogP contribution is -1.87. The molecule has 0 N–H and O–H groups in total. The summed E-state index contributed by atoms with van der Waals surface area (Å²) in [7, 11) is 0. The summed E-state index contributed by atoms with van der Waals surface area (Å²) in [5, 5.41) is 2.19. The second-order valence-corrected chi connectivity index (χ2v) is 5.07. The molecule has 0 aliphatic carbocycles. The molecule has 0 bridgehead atoms. The van der Waals surface area contributed by atoms with Crippen LogP contribution in [-0.4, -0.2) is 5.34 Å². The molecule has 0 fully saturated rings. The third-order valence-corrected chi connectivity index (χ3v) is 3.08. The molecule has 0 unspecified atom stereocenters. The van der Waals surface area contributed by atoms with Crippen molar-refractivity contribution in [1.29, 1.82) is 0 Å². The first-order valence-corrected chi connectivity index (χ1v) is 6.91. The average Bonchev–Trinajstić information content (AvgIpc) is 2.31. The molecular formula is C13H10Cl2FI. The van der Waals surface area contributed by atoms with E-state index in [0.717, 1.165) is 14.3 Å². The van der Waals surface area contributed by atoms with Crippen molar-refractivity contribution in [1.82, 2.24) is 0 Å². The fourth-order valence-corrected chi connectivity index (χ4v) is 2.35. The predicted octanol–water partition coefficient (Wildman–Crippen LogP) is 5.65. The summed E-state index contributed by atoms with van der Waals surface area (Å²) in [6, 6.07) is 9.18. The van der Waals surface area contributed by atoms with Crippen LogP contribution in [0.1, 0.15) is 5.56 Å². The van der Waals surface area contributed by atoms with Crippen LogP contribution in [0.15, 0.2) is 36.9 Å². The maximum atomic E-state index is 13.4. The van der Waals surface area contributed by atoms with E-state index in [2.05, 4.69) is 29.2 Å². The van der Waals surface area contributed by atoms with Crippen molar-refractivity contribution in [2.24, 2.45) is 0 Å². The first-order chi connectivity index (χ1) is 8.15. The fraction of sp³-hybridized carbons (Fsp3) is 0.0769. The van der Waals surface area contributed by atoms with Crippen molar-refractivity contribution in [3.05, 3.63) is 51.9 Å². The summed E-state index contributed by atoms with van der Waals surface area (Å²) in [6.07, 6.45) is 1.57. The number of fused-ring (bicyclic) bond motifs is 1. The van der Waals surface area contributed by atoms with Gasteiger partial charge in [0.1, 0.15) is 5.82 Å². The Labute approximate surface area is 124 Å². The van der Waals surface area contributed by atoms with Crippen LogP contribution in [0.3, 0.4) is 0 Å². The van der Waals surface area contributed by atoms with Gasteiger partial charge in [-0.15, -0.1) is 23.2 Å². The van der Waals surface area contributed by atoms with Crippen molar-refractivity contribution in [3.63, 3.8) is 0 Å². The molecule has 17 heavy (non-hydrogen) atoms.